The number of ether oxygens (including phenoxy) is 8. The molecule has 4 rings (SSSR count). The van der Waals surface area contributed by atoms with Gasteiger partial charge in [0.1, 0.15) is 91.5 Å². The Morgan fingerprint density at radius 2 is 1.24 bits per heavy atom. The highest BCUT2D eigenvalue weighted by Crippen LogP contribution is 2.39. The number of aliphatic carboxylic acids is 1. The maximum absolute atomic E-state index is 12.9. The van der Waals surface area contributed by atoms with Crippen LogP contribution in [0.25, 0.3) is 0 Å². The van der Waals surface area contributed by atoms with Gasteiger partial charge in [-0.3, -0.25) is 9.59 Å². The molecule has 4 aliphatic heterocycles. The van der Waals surface area contributed by atoms with Crippen molar-refractivity contribution in [1.29, 1.82) is 0 Å². The molecule has 0 aromatic rings. The first kappa shape index (κ1) is 48.3. The van der Waals surface area contributed by atoms with Crippen molar-refractivity contribution >= 4 is 17.8 Å². The van der Waals surface area contributed by atoms with Crippen LogP contribution in [0.3, 0.4) is 0 Å². The second kappa shape index (κ2) is 20.4. The van der Waals surface area contributed by atoms with Crippen LogP contribution in [-0.2, 0) is 52.3 Å². The first-order valence-electron chi connectivity index (χ1n) is 18.1. The van der Waals surface area contributed by atoms with Gasteiger partial charge in [-0.2, -0.15) is 0 Å². The molecule has 58 heavy (non-hydrogen) atoms. The Bertz CT molecular complexity index is 1370. The molecule has 0 spiro atoms. The van der Waals surface area contributed by atoms with Crippen LogP contribution in [0.5, 0.6) is 0 Å². The normalized spacial score (nSPS) is 44.5. The molecular weight excluding hydrogens is 796 g/mol. The van der Waals surface area contributed by atoms with Crippen molar-refractivity contribution in [3.05, 3.63) is 0 Å². The van der Waals surface area contributed by atoms with Crippen LogP contribution in [0.2, 0.25) is 0 Å². The molecule has 336 valence electrons. The molecule has 4 fully saturated rings. The van der Waals surface area contributed by atoms with Gasteiger partial charge in [0.05, 0.1) is 38.6 Å². The Kier molecular flexibility index (Phi) is 17.0. The fraction of sp³-hybridized carbons (Fsp3) is 0.906. The van der Waals surface area contributed by atoms with E-state index in [1.54, 1.807) is 0 Å². The average Bonchev–Trinajstić information content (AvgIpc) is 3.17. The zero-order chi connectivity index (χ0) is 43.4. The van der Waals surface area contributed by atoms with Crippen molar-refractivity contribution in [1.82, 2.24) is 10.6 Å². The summed E-state index contributed by atoms with van der Waals surface area (Å²) in [5.74, 6) is -6.60. The van der Waals surface area contributed by atoms with Crippen molar-refractivity contribution in [3.8, 4) is 0 Å². The van der Waals surface area contributed by atoms with Gasteiger partial charge in [0.15, 0.2) is 18.9 Å². The molecule has 15 N–H and O–H groups in total. The third-order valence-corrected chi connectivity index (χ3v) is 10.2. The Morgan fingerprint density at radius 3 is 1.78 bits per heavy atom. The highest BCUT2D eigenvalue weighted by molar-refractivity contribution is 5.76. The number of carbonyl (C=O) groups is 3. The SMILES string of the molecule is COC1C(NC(C)=O)[C@H](OC2C(O)C(O)OC(CO)[C@@H]2O)OC(CO)[C@H]1OC1OC(CO)[C@H](O)C(O[C@]2(C(=O)O)CC(O)[C@@H](NC(C)=O)C(C(O)C(O)CO)O2)C1O. The number of amides is 2. The van der Waals surface area contributed by atoms with Gasteiger partial charge in [-0.25, -0.2) is 4.79 Å². The number of methoxy groups -OCH3 is 1. The summed E-state index contributed by atoms with van der Waals surface area (Å²) in [7, 11) is 1.12. The number of carboxylic acids is 1. The second-order valence-electron chi connectivity index (χ2n) is 14.3. The zero-order valence-corrected chi connectivity index (χ0v) is 31.4. The van der Waals surface area contributed by atoms with E-state index >= 15 is 0 Å². The molecular formula is C32H54N2O24. The maximum Gasteiger partial charge on any atom is 0.364 e. The summed E-state index contributed by atoms with van der Waals surface area (Å²) < 4.78 is 45.2. The minimum atomic E-state index is -3.09. The van der Waals surface area contributed by atoms with E-state index in [0.717, 1.165) is 21.0 Å². The van der Waals surface area contributed by atoms with Gasteiger partial charge in [-0.15, -0.1) is 0 Å². The van der Waals surface area contributed by atoms with Crippen LogP contribution in [0.4, 0.5) is 0 Å². The number of aliphatic hydroxyl groups is 12. The molecule has 0 aliphatic carbocycles. The van der Waals surface area contributed by atoms with Crippen molar-refractivity contribution < 1.29 is 119 Å². The molecule has 0 radical (unpaired) electrons. The Hall–Kier alpha value is -2.39. The molecule has 26 heteroatoms. The van der Waals surface area contributed by atoms with E-state index in [1.165, 1.54) is 0 Å². The highest BCUT2D eigenvalue weighted by atomic mass is 16.8. The lowest BCUT2D eigenvalue weighted by Crippen LogP contribution is -2.71. The summed E-state index contributed by atoms with van der Waals surface area (Å²) in [5, 5.41) is 141. The number of carbonyl (C=O) groups excluding carboxylic acids is 2. The van der Waals surface area contributed by atoms with Gasteiger partial charge in [-0.1, -0.05) is 0 Å². The van der Waals surface area contributed by atoms with Crippen molar-refractivity contribution in [2.45, 2.75) is 149 Å². The van der Waals surface area contributed by atoms with Crippen LogP contribution in [-0.4, -0.2) is 246 Å². The Balaban J connectivity index is 1.66. The van der Waals surface area contributed by atoms with E-state index < -0.39 is 179 Å². The van der Waals surface area contributed by atoms with Crippen molar-refractivity contribution in [2.75, 3.05) is 33.5 Å². The fourth-order valence-electron chi connectivity index (χ4n) is 7.31. The van der Waals surface area contributed by atoms with Crippen LogP contribution in [0, 0.1) is 0 Å². The monoisotopic (exact) mass is 850 g/mol. The predicted molar refractivity (Wildman–Crippen MR) is 179 cm³/mol. The molecule has 0 bridgehead atoms. The summed E-state index contributed by atoms with van der Waals surface area (Å²) in [6, 6.07) is -3.05. The van der Waals surface area contributed by atoms with Crippen LogP contribution in [0.1, 0.15) is 20.3 Å². The number of nitrogens with one attached hydrogen (secondary N) is 2. The van der Waals surface area contributed by atoms with Crippen molar-refractivity contribution in [3.63, 3.8) is 0 Å². The molecule has 26 nitrogen and oxygen atoms in total. The van der Waals surface area contributed by atoms with Gasteiger partial charge < -0.3 is 115 Å². The average molecular weight is 851 g/mol. The van der Waals surface area contributed by atoms with Crippen LogP contribution in [0.15, 0.2) is 0 Å². The number of rotatable bonds is 16. The minimum absolute atomic E-state index is 0.720. The second-order valence-corrected chi connectivity index (χ2v) is 14.3. The summed E-state index contributed by atoms with van der Waals surface area (Å²) in [4.78, 5) is 37.2. The summed E-state index contributed by atoms with van der Waals surface area (Å²) in [5.41, 5.74) is 0. The summed E-state index contributed by atoms with van der Waals surface area (Å²) in [6.45, 7) is -1.74. The first-order valence-corrected chi connectivity index (χ1v) is 18.1. The topological polar surface area (TPSA) is 412 Å². The third kappa shape index (κ3) is 10.2. The molecule has 0 saturated carbocycles. The largest absolute Gasteiger partial charge is 0.477 e. The van der Waals surface area contributed by atoms with Gasteiger partial charge >= 0.3 is 5.97 Å². The standard InChI is InChI=1S/C32H54N2O24/c1-9(39)33-16-11(41)4-32(31(49)50,57-24(16)18(43)12(42)5-35)58-27-20(45)14(7-37)53-30(22(27)47)55-23-15(8-38)54-29(17(25(23)51-3)34-10(2)40)56-26-19(44)13(6-36)52-28(48)21(26)46/h11-30,35-38,41-48H,4-8H2,1-3H3,(H,33,39)(H,34,40)(H,49,50)/t11?,12?,13?,14?,15?,16-,17?,18?,19+,20+,21?,22?,23-,24?,25?,26?,27?,28?,29+,30?,32+/m1/s1. The lowest BCUT2D eigenvalue weighted by atomic mass is 9.88. The number of carboxylic acid groups (broad SMARTS) is 1. The predicted octanol–water partition coefficient (Wildman–Crippen LogP) is -9.60. The minimum Gasteiger partial charge on any atom is -0.477 e. The molecule has 0 aromatic carbocycles. The van der Waals surface area contributed by atoms with E-state index in [9.17, 15) is 80.8 Å². The van der Waals surface area contributed by atoms with Crippen LogP contribution >= 0.6 is 0 Å². The van der Waals surface area contributed by atoms with Crippen LogP contribution < -0.4 is 10.6 Å². The zero-order valence-electron chi connectivity index (χ0n) is 31.4. The number of aliphatic hydroxyl groups excluding tert-OH is 12. The van der Waals surface area contributed by atoms with E-state index in [2.05, 4.69) is 10.6 Å². The van der Waals surface area contributed by atoms with Gasteiger partial charge in [0, 0.05) is 27.4 Å². The molecule has 4 saturated heterocycles. The summed E-state index contributed by atoms with van der Waals surface area (Å²) >= 11 is 0. The molecule has 2 amide bonds. The smallest absolute Gasteiger partial charge is 0.364 e. The van der Waals surface area contributed by atoms with E-state index in [1.807, 2.05) is 0 Å². The number of hydrogen-bond donors (Lipinski definition) is 15. The Morgan fingerprint density at radius 1 is 0.707 bits per heavy atom. The third-order valence-electron chi connectivity index (χ3n) is 10.2. The van der Waals surface area contributed by atoms with Gasteiger partial charge in [-0.05, 0) is 0 Å². The quantitative estimate of drug-likeness (QED) is 0.0685. The Labute approximate surface area is 329 Å². The lowest BCUT2D eigenvalue weighted by Gasteiger charge is -2.51. The molecule has 4 aliphatic rings. The fourth-order valence-corrected chi connectivity index (χ4v) is 7.31. The number of hydrogen-bond acceptors (Lipinski definition) is 23. The molecule has 21 atom stereocenters. The maximum atomic E-state index is 12.9. The van der Waals surface area contributed by atoms with E-state index in [-0.39, 0.29) is 0 Å². The van der Waals surface area contributed by atoms with Crippen molar-refractivity contribution in [2.24, 2.45) is 0 Å². The molecule has 0 aromatic heterocycles. The molecule has 4 heterocycles. The summed E-state index contributed by atoms with van der Waals surface area (Å²) in [6.07, 6.45) is -34.6. The highest BCUT2D eigenvalue weighted by Gasteiger charge is 2.60. The van der Waals surface area contributed by atoms with E-state index in [0.29, 0.717) is 0 Å². The molecule has 15 unspecified atom stereocenters. The van der Waals surface area contributed by atoms with E-state index in [4.69, 9.17) is 37.9 Å². The van der Waals surface area contributed by atoms with Gasteiger partial charge in [0.25, 0.3) is 5.79 Å². The lowest BCUT2D eigenvalue weighted by molar-refractivity contribution is -0.387. The first-order chi connectivity index (χ1) is 27.3. The van der Waals surface area contributed by atoms with Gasteiger partial charge in [0.2, 0.25) is 11.8 Å².